The van der Waals surface area contributed by atoms with Gasteiger partial charge in [0.1, 0.15) is 0 Å². The van der Waals surface area contributed by atoms with Gasteiger partial charge in [-0.15, -0.1) is 0 Å². The number of aromatic nitrogens is 2. The zero-order chi connectivity index (χ0) is 41.7. The molecule has 0 unspecified atom stereocenters. The van der Waals surface area contributed by atoms with Gasteiger partial charge in [-0.05, 0) is 73.8 Å². The molecule has 0 radical (unpaired) electrons. The molecule has 0 fully saturated rings. The topological polar surface area (TPSA) is 9.86 Å². The van der Waals surface area contributed by atoms with Crippen LogP contribution in [0.15, 0.2) is 255 Å². The van der Waals surface area contributed by atoms with Crippen molar-refractivity contribution >= 4 is 72.4 Å². The third-order valence-electron chi connectivity index (χ3n) is 13.1. The molecule has 10 aromatic carbocycles. The second kappa shape index (κ2) is 15.2. The van der Waals surface area contributed by atoms with Gasteiger partial charge < -0.3 is 9.13 Å². The lowest BCUT2D eigenvalue weighted by Gasteiger charge is -2.35. The molecule has 296 valence electrons. The van der Waals surface area contributed by atoms with E-state index in [0.717, 1.165) is 11.4 Å². The molecule has 2 nitrogen and oxygen atoms in total. The summed E-state index contributed by atoms with van der Waals surface area (Å²) in [5.41, 5.74) is 11.9. The molecule has 0 aliphatic carbocycles. The van der Waals surface area contributed by atoms with Gasteiger partial charge in [0.15, 0.2) is 8.07 Å². The smallest absolute Gasteiger partial charge is 0.180 e. The Bertz CT molecular complexity index is 3500. The van der Waals surface area contributed by atoms with E-state index in [1.54, 1.807) is 0 Å². The van der Waals surface area contributed by atoms with Gasteiger partial charge in [-0.2, -0.15) is 0 Å². The fourth-order valence-corrected chi connectivity index (χ4v) is 15.6. The second-order valence-electron chi connectivity index (χ2n) is 16.4. The maximum absolute atomic E-state index is 2.90. The van der Waals surface area contributed by atoms with Crippen molar-refractivity contribution in [1.29, 1.82) is 0 Å². The van der Waals surface area contributed by atoms with Crippen LogP contribution in [0, 0.1) is 0 Å². The predicted octanol–water partition coefficient (Wildman–Crippen LogP) is 12.6. The number of fused-ring (bicyclic) bond motifs is 6. The van der Waals surface area contributed by atoms with Crippen LogP contribution in [0.5, 0.6) is 0 Å². The first kappa shape index (κ1) is 36.8. The Morgan fingerprint density at radius 1 is 0.270 bits per heavy atom. The highest BCUT2D eigenvalue weighted by Crippen LogP contribution is 2.43. The van der Waals surface area contributed by atoms with Gasteiger partial charge in [0.25, 0.3) is 0 Å². The number of nitrogens with zero attached hydrogens (tertiary/aromatic N) is 2. The van der Waals surface area contributed by atoms with E-state index >= 15 is 0 Å². The molecule has 0 amide bonds. The Labute approximate surface area is 368 Å². The molecule has 0 spiro atoms. The third-order valence-corrected chi connectivity index (χ3v) is 17.9. The lowest BCUT2D eigenvalue weighted by atomic mass is 9.93. The standard InChI is InChI=1S/C60H42N2Si/c1-6-23-43(24-7-1)48-35-20-38-53(58(48)44-25-8-2-9-26-44)61-51-36-18-16-33-49(51)59-54(61)39-21-40-55(59)62-52-37-19-17-34-50(52)60-56(62)41-22-42-57(60)63(45-27-10-3-11-28-45,46-29-12-4-13-30-46)47-31-14-5-15-32-47/h1-42H. The average molecular weight is 819 g/mol. The number of rotatable bonds is 8. The summed E-state index contributed by atoms with van der Waals surface area (Å²) >= 11 is 0. The average Bonchev–Trinajstić information content (AvgIpc) is 3.89. The van der Waals surface area contributed by atoms with Crippen LogP contribution in [0.25, 0.3) is 77.2 Å². The first-order valence-corrected chi connectivity index (χ1v) is 23.8. The summed E-state index contributed by atoms with van der Waals surface area (Å²) in [6.45, 7) is 0. The van der Waals surface area contributed by atoms with Crippen LogP contribution < -0.4 is 20.7 Å². The summed E-state index contributed by atoms with van der Waals surface area (Å²) in [6.07, 6.45) is 0. The SMILES string of the molecule is c1ccc(-c2cccc(-n3c4ccccc4c4c(-n5c6ccccc6c6c([Si](c7ccccc7)(c7ccccc7)c7ccccc7)cccc65)cccc43)c2-c2ccccc2)cc1. The number of hydrogen-bond acceptors (Lipinski definition) is 0. The minimum absolute atomic E-state index is 1.15. The van der Waals surface area contributed by atoms with Crippen molar-refractivity contribution in [3.8, 4) is 33.6 Å². The van der Waals surface area contributed by atoms with Crippen LogP contribution in [0.2, 0.25) is 0 Å². The van der Waals surface area contributed by atoms with Crippen LogP contribution >= 0.6 is 0 Å². The maximum atomic E-state index is 2.55. The van der Waals surface area contributed by atoms with Crippen LogP contribution in [-0.2, 0) is 0 Å². The molecule has 0 saturated heterocycles. The van der Waals surface area contributed by atoms with E-state index in [-0.39, 0.29) is 0 Å². The summed E-state index contributed by atoms with van der Waals surface area (Å²) in [5, 5.41) is 10.5. The van der Waals surface area contributed by atoms with Gasteiger partial charge in [0, 0.05) is 27.1 Å². The van der Waals surface area contributed by atoms with E-state index in [1.807, 2.05) is 0 Å². The number of benzene rings is 10. The highest BCUT2D eigenvalue weighted by molar-refractivity contribution is 7.20. The van der Waals surface area contributed by atoms with Gasteiger partial charge in [-0.1, -0.05) is 218 Å². The Morgan fingerprint density at radius 3 is 1.24 bits per heavy atom. The van der Waals surface area contributed by atoms with Gasteiger partial charge in [0.05, 0.1) is 33.4 Å². The summed E-state index contributed by atoms with van der Waals surface area (Å²) < 4.78 is 5.05. The summed E-state index contributed by atoms with van der Waals surface area (Å²) in [6, 6.07) is 94.2. The molecule has 0 saturated carbocycles. The van der Waals surface area contributed by atoms with Crippen LogP contribution in [0.3, 0.4) is 0 Å². The van der Waals surface area contributed by atoms with Crippen molar-refractivity contribution < 1.29 is 0 Å². The molecule has 0 aliphatic heterocycles. The Hall–Kier alpha value is -7.98. The first-order chi connectivity index (χ1) is 31.3. The molecule has 2 heterocycles. The molecule has 0 atom stereocenters. The van der Waals surface area contributed by atoms with Crippen molar-refractivity contribution in [1.82, 2.24) is 9.13 Å². The second-order valence-corrected chi connectivity index (χ2v) is 20.1. The largest absolute Gasteiger partial charge is 0.309 e. The first-order valence-electron chi connectivity index (χ1n) is 21.8. The van der Waals surface area contributed by atoms with Crippen LogP contribution in [0.4, 0.5) is 0 Å². The molecule has 12 aromatic rings. The van der Waals surface area contributed by atoms with E-state index < -0.39 is 8.07 Å². The quantitative estimate of drug-likeness (QED) is 0.107. The highest BCUT2D eigenvalue weighted by atomic mass is 28.3. The Kier molecular flexibility index (Phi) is 8.87. The summed E-state index contributed by atoms with van der Waals surface area (Å²) in [4.78, 5) is 0. The summed E-state index contributed by atoms with van der Waals surface area (Å²) in [7, 11) is -2.90. The van der Waals surface area contributed by atoms with Crippen molar-refractivity contribution in [3.05, 3.63) is 255 Å². The van der Waals surface area contributed by atoms with Crippen LogP contribution in [0.1, 0.15) is 0 Å². The zero-order valence-corrected chi connectivity index (χ0v) is 35.6. The Morgan fingerprint density at radius 2 is 0.667 bits per heavy atom. The van der Waals surface area contributed by atoms with Crippen LogP contribution in [-0.4, -0.2) is 17.2 Å². The minimum atomic E-state index is -2.90. The predicted molar refractivity (Wildman–Crippen MR) is 270 cm³/mol. The van der Waals surface area contributed by atoms with Crippen molar-refractivity contribution in [3.63, 3.8) is 0 Å². The number of hydrogen-bond donors (Lipinski definition) is 0. The fraction of sp³-hybridized carbons (Fsp3) is 0. The van der Waals surface area contributed by atoms with Crippen molar-refractivity contribution in [2.24, 2.45) is 0 Å². The molecule has 0 aliphatic rings. The van der Waals surface area contributed by atoms with Crippen molar-refractivity contribution in [2.45, 2.75) is 0 Å². The Balaban J connectivity index is 1.20. The zero-order valence-electron chi connectivity index (χ0n) is 34.6. The van der Waals surface area contributed by atoms with E-state index in [0.29, 0.717) is 0 Å². The van der Waals surface area contributed by atoms with Crippen molar-refractivity contribution in [2.75, 3.05) is 0 Å². The van der Waals surface area contributed by atoms with Gasteiger partial charge in [-0.25, -0.2) is 0 Å². The third kappa shape index (κ3) is 5.71. The minimum Gasteiger partial charge on any atom is -0.309 e. The maximum Gasteiger partial charge on any atom is 0.180 e. The molecular weight excluding hydrogens is 777 g/mol. The molecule has 2 aromatic heterocycles. The number of para-hydroxylation sites is 2. The lowest BCUT2D eigenvalue weighted by molar-refractivity contribution is 1.17. The fourth-order valence-electron chi connectivity index (χ4n) is 10.6. The highest BCUT2D eigenvalue weighted by Gasteiger charge is 2.43. The normalized spacial score (nSPS) is 11.8. The molecule has 0 N–H and O–H groups in total. The van der Waals surface area contributed by atoms with Gasteiger partial charge >= 0.3 is 0 Å². The lowest BCUT2D eigenvalue weighted by Crippen LogP contribution is -2.74. The van der Waals surface area contributed by atoms with Gasteiger partial charge in [0.2, 0.25) is 0 Å². The van der Waals surface area contributed by atoms with Gasteiger partial charge in [-0.3, -0.25) is 0 Å². The van der Waals surface area contributed by atoms with E-state index in [1.165, 1.54) is 86.6 Å². The van der Waals surface area contributed by atoms with E-state index in [2.05, 4.69) is 264 Å². The molecular formula is C60H42N2Si. The van der Waals surface area contributed by atoms with E-state index in [9.17, 15) is 0 Å². The summed E-state index contributed by atoms with van der Waals surface area (Å²) in [5.74, 6) is 0. The van der Waals surface area contributed by atoms with E-state index in [4.69, 9.17) is 0 Å². The molecule has 63 heavy (non-hydrogen) atoms. The monoisotopic (exact) mass is 818 g/mol. The molecule has 12 rings (SSSR count). The molecule has 3 heteroatoms. The molecule has 0 bridgehead atoms.